The molecule has 1 aromatic rings. The average molecular weight is 518 g/mol. The van der Waals surface area contributed by atoms with Crippen molar-refractivity contribution < 1.29 is 9.13 Å². The molecular weight excluding hydrogens is 482 g/mol. The molecule has 2 aliphatic rings. The van der Waals surface area contributed by atoms with Crippen LogP contribution in [0.2, 0.25) is 0 Å². The number of hydrogen-bond acceptors (Lipinski definition) is 3. The van der Waals surface area contributed by atoms with Crippen molar-refractivity contribution in [1.82, 2.24) is 15.5 Å². The Morgan fingerprint density at radius 3 is 2.76 bits per heavy atom. The molecule has 2 N–H and O–H groups in total. The fraction of sp³-hybridized carbons (Fsp3) is 0.682. The minimum Gasteiger partial charge on any atom is -0.490 e. The maximum Gasteiger partial charge on any atom is 0.191 e. The van der Waals surface area contributed by atoms with E-state index >= 15 is 0 Å². The van der Waals surface area contributed by atoms with Crippen molar-refractivity contribution in [2.24, 2.45) is 16.8 Å². The van der Waals surface area contributed by atoms with E-state index in [1.807, 2.05) is 13.0 Å². The van der Waals surface area contributed by atoms with Gasteiger partial charge in [-0.2, -0.15) is 0 Å². The molecule has 1 saturated carbocycles. The zero-order chi connectivity index (χ0) is 19.9. The summed E-state index contributed by atoms with van der Waals surface area (Å²) in [4.78, 5) is 6.84. The van der Waals surface area contributed by atoms with E-state index in [2.05, 4.69) is 27.4 Å². The van der Waals surface area contributed by atoms with Crippen molar-refractivity contribution in [3.8, 4) is 5.75 Å². The quantitative estimate of drug-likeness (QED) is 0.308. The van der Waals surface area contributed by atoms with E-state index in [1.54, 1.807) is 19.2 Å². The number of piperidine rings is 1. The van der Waals surface area contributed by atoms with Crippen LogP contribution in [0, 0.1) is 17.7 Å². The summed E-state index contributed by atoms with van der Waals surface area (Å²) in [5, 5.41) is 6.82. The molecule has 2 atom stereocenters. The van der Waals surface area contributed by atoms with E-state index in [1.165, 1.54) is 32.2 Å². The summed E-state index contributed by atoms with van der Waals surface area (Å²) in [6.07, 6.45) is 4.91. The van der Waals surface area contributed by atoms with Gasteiger partial charge in [-0.05, 0) is 75.2 Å². The number of likely N-dealkylation sites (tertiary alicyclic amines) is 1. The molecule has 1 heterocycles. The third kappa shape index (κ3) is 7.59. The summed E-state index contributed by atoms with van der Waals surface area (Å²) in [7, 11) is 1.77. The van der Waals surface area contributed by atoms with Crippen LogP contribution in [-0.2, 0) is 0 Å². The minimum atomic E-state index is -0.295. The molecule has 0 amide bonds. The zero-order valence-electron chi connectivity index (χ0n) is 17.9. The number of aliphatic imine (C=N–C) groups is 1. The number of halogens is 2. The van der Waals surface area contributed by atoms with Crippen molar-refractivity contribution in [2.45, 2.75) is 45.6 Å². The summed E-state index contributed by atoms with van der Waals surface area (Å²) in [5.74, 6) is 2.07. The molecule has 2 unspecified atom stereocenters. The number of guanidine groups is 1. The van der Waals surface area contributed by atoms with Crippen LogP contribution in [0.4, 0.5) is 4.39 Å². The Bertz CT molecular complexity index is 668. The SMILES string of the molecule is CCN1CCCC(CNC(=NC)NC(C)c2ccc(OCC3CC3)c(F)c2)C1.I. The third-order valence-corrected chi connectivity index (χ3v) is 5.81. The van der Waals surface area contributed by atoms with Crippen LogP contribution in [-0.4, -0.2) is 50.7 Å². The predicted molar refractivity (Wildman–Crippen MR) is 128 cm³/mol. The van der Waals surface area contributed by atoms with Crippen LogP contribution in [0.15, 0.2) is 23.2 Å². The van der Waals surface area contributed by atoms with E-state index in [4.69, 9.17) is 4.74 Å². The van der Waals surface area contributed by atoms with Gasteiger partial charge < -0.3 is 20.3 Å². The Balaban J connectivity index is 0.00000300. The molecule has 1 aliphatic carbocycles. The van der Waals surface area contributed by atoms with Gasteiger partial charge in [0, 0.05) is 20.1 Å². The Morgan fingerprint density at radius 1 is 1.31 bits per heavy atom. The molecule has 1 aliphatic heterocycles. The van der Waals surface area contributed by atoms with Gasteiger partial charge >= 0.3 is 0 Å². The highest BCUT2D eigenvalue weighted by Crippen LogP contribution is 2.30. The molecular formula is C22H36FIN4O. The van der Waals surface area contributed by atoms with Gasteiger partial charge in [-0.1, -0.05) is 13.0 Å². The van der Waals surface area contributed by atoms with Crippen LogP contribution in [0.1, 0.15) is 51.1 Å². The number of nitrogens with one attached hydrogen (secondary N) is 2. The van der Waals surface area contributed by atoms with Crippen LogP contribution in [0.25, 0.3) is 0 Å². The fourth-order valence-electron chi connectivity index (χ4n) is 3.72. The van der Waals surface area contributed by atoms with Crippen molar-refractivity contribution in [3.05, 3.63) is 29.6 Å². The number of benzene rings is 1. The van der Waals surface area contributed by atoms with E-state index < -0.39 is 0 Å². The molecule has 1 saturated heterocycles. The van der Waals surface area contributed by atoms with Gasteiger partial charge in [-0.15, -0.1) is 24.0 Å². The second-order valence-corrected chi connectivity index (χ2v) is 8.16. The summed E-state index contributed by atoms with van der Waals surface area (Å²) in [6, 6.07) is 5.18. The van der Waals surface area contributed by atoms with Crippen LogP contribution in [0.5, 0.6) is 5.75 Å². The van der Waals surface area contributed by atoms with E-state index in [0.29, 0.717) is 24.2 Å². The van der Waals surface area contributed by atoms with Crippen molar-refractivity contribution in [3.63, 3.8) is 0 Å². The number of hydrogen-bond donors (Lipinski definition) is 2. The highest BCUT2D eigenvalue weighted by Gasteiger charge is 2.23. The molecule has 0 radical (unpaired) electrons. The molecule has 0 aromatic heterocycles. The first-order chi connectivity index (χ1) is 13.6. The maximum absolute atomic E-state index is 14.4. The van der Waals surface area contributed by atoms with Gasteiger partial charge in [0.2, 0.25) is 0 Å². The molecule has 164 valence electrons. The Morgan fingerprint density at radius 2 is 2.10 bits per heavy atom. The lowest BCUT2D eigenvalue weighted by Gasteiger charge is -2.32. The maximum atomic E-state index is 14.4. The lowest BCUT2D eigenvalue weighted by Crippen LogP contribution is -2.44. The van der Waals surface area contributed by atoms with Crippen LogP contribution < -0.4 is 15.4 Å². The van der Waals surface area contributed by atoms with Gasteiger partial charge in [-0.3, -0.25) is 4.99 Å². The molecule has 7 heteroatoms. The predicted octanol–water partition coefficient (Wildman–Crippen LogP) is 4.19. The highest BCUT2D eigenvalue weighted by atomic mass is 127. The second kappa shape index (κ2) is 11.9. The fourth-order valence-corrected chi connectivity index (χ4v) is 3.72. The van der Waals surface area contributed by atoms with Crippen molar-refractivity contribution >= 4 is 29.9 Å². The molecule has 5 nitrogen and oxygen atoms in total. The lowest BCUT2D eigenvalue weighted by molar-refractivity contribution is 0.183. The molecule has 3 rings (SSSR count). The van der Waals surface area contributed by atoms with Crippen molar-refractivity contribution in [2.75, 3.05) is 39.8 Å². The Kier molecular flexibility index (Phi) is 9.95. The summed E-state index contributed by atoms with van der Waals surface area (Å²) < 4.78 is 19.9. The number of nitrogens with zero attached hydrogens (tertiary/aromatic N) is 2. The van der Waals surface area contributed by atoms with E-state index in [-0.39, 0.29) is 35.8 Å². The molecule has 2 fully saturated rings. The molecule has 0 bridgehead atoms. The first kappa shape index (κ1) is 24.2. The number of ether oxygens (including phenoxy) is 1. The minimum absolute atomic E-state index is 0. The second-order valence-electron chi connectivity index (χ2n) is 8.16. The average Bonchev–Trinajstić information content (AvgIpc) is 3.54. The van der Waals surface area contributed by atoms with Gasteiger partial charge in [0.1, 0.15) is 0 Å². The summed E-state index contributed by atoms with van der Waals surface area (Å²) in [6.45, 7) is 9.24. The van der Waals surface area contributed by atoms with Gasteiger partial charge in [0.15, 0.2) is 17.5 Å². The van der Waals surface area contributed by atoms with Gasteiger partial charge in [0.05, 0.1) is 12.6 Å². The Hall–Kier alpha value is -1.09. The molecule has 1 aromatic carbocycles. The first-order valence-corrected chi connectivity index (χ1v) is 10.7. The topological polar surface area (TPSA) is 48.9 Å². The standard InChI is InChI=1S/C22H35FN4O.HI/c1-4-27-11-5-6-18(14-27)13-25-22(24-3)26-16(2)19-9-10-21(20(23)12-19)28-15-17-7-8-17;/h9-10,12,16-18H,4-8,11,13-15H2,1-3H3,(H2,24,25,26);1H. The lowest BCUT2D eigenvalue weighted by atomic mass is 9.98. The molecule has 29 heavy (non-hydrogen) atoms. The summed E-state index contributed by atoms with van der Waals surface area (Å²) >= 11 is 0. The monoisotopic (exact) mass is 518 g/mol. The normalized spacial score (nSPS) is 21.2. The number of rotatable bonds is 8. The third-order valence-electron chi connectivity index (χ3n) is 5.81. The van der Waals surface area contributed by atoms with E-state index in [0.717, 1.165) is 31.2 Å². The van der Waals surface area contributed by atoms with Crippen molar-refractivity contribution in [1.29, 1.82) is 0 Å². The largest absolute Gasteiger partial charge is 0.490 e. The molecule has 0 spiro atoms. The first-order valence-electron chi connectivity index (χ1n) is 10.7. The van der Waals surface area contributed by atoms with Crippen LogP contribution in [0.3, 0.4) is 0 Å². The Labute approximate surface area is 191 Å². The summed E-state index contributed by atoms with van der Waals surface area (Å²) in [5.41, 5.74) is 0.883. The highest BCUT2D eigenvalue weighted by molar-refractivity contribution is 14.0. The van der Waals surface area contributed by atoms with Gasteiger partial charge in [-0.25, -0.2) is 4.39 Å². The smallest absolute Gasteiger partial charge is 0.191 e. The zero-order valence-corrected chi connectivity index (χ0v) is 20.2. The van der Waals surface area contributed by atoms with Crippen LogP contribution >= 0.6 is 24.0 Å². The van der Waals surface area contributed by atoms with Gasteiger partial charge in [0.25, 0.3) is 0 Å². The van der Waals surface area contributed by atoms with E-state index in [9.17, 15) is 4.39 Å².